The van der Waals surface area contributed by atoms with Crippen LogP contribution in [0.2, 0.25) is 0 Å². The molecule has 0 saturated carbocycles. The number of carbonyl (C=O) groups excluding carboxylic acids is 1. The van der Waals surface area contributed by atoms with Crippen LogP contribution >= 0.6 is 0 Å². The third-order valence-corrected chi connectivity index (χ3v) is 5.01. The maximum atomic E-state index is 13.5. The van der Waals surface area contributed by atoms with Crippen molar-refractivity contribution in [1.82, 2.24) is 20.0 Å². The maximum absolute atomic E-state index is 13.5. The molecule has 2 aromatic heterocycles. The molecule has 4 rings (SSSR count). The first-order valence-electron chi connectivity index (χ1n) is 9.63. The Morgan fingerprint density at radius 3 is 2.60 bits per heavy atom. The van der Waals surface area contributed by atoms with Gasteiger partial charge in [0.15, 0.2) is 0 Å². The quantitative estimate of drug-likeness (QED) is 0.510. The number of rotatable bonds is 5. The van der Waals surface area contributed by atoms with Crippen molar-refractivity contribution in [3.63, 3.8) is 0 Å². The lowest BCUT2D eigenvalue weighted by molar-refractivity contribution is 0.102. The molecule has 0 aliphatic rings. The van der Waals surface area contributed by atoms with Crippen molar-refractivity contribution in [3.05, 3.63) is 88.6 Å². The lowest BCUT2D eigenvalue weighted by Gasteiger charge is -2.07. The Balaban J connectivity index is 1.52. The number of hydrogen-bond donors (Lipinski definition) is 2. The number of nitrogens with one attached hydrogen (secondary N) is 2. The first-order chi connectivity index (χ1) is 14.4. The Hall–Kier alpha value is -3.74. The molecule has 7 heteroatoms. The number of hydrogen-bond acceptors (Lipinski definition) is 3. The lowest BCUT2D eigenvalue weighted by Crippen LogP contribution is -2.14. The summed E-state index contributed by atoms with van der Waals surface area (Å²) in [5, 5.41) is 14.5. The number of benzene rings is 2. The highest BCUT2D eigenvalue weighted by atomic mass is 19.1. The minimum absolute atomic E-state index is 0.286. The van der Waals surface area contributed by atoms with Crippen molar-refractivity contribution in [2.24, 2.45) is 0 Å². The summed E-state index contributed by atoms with van der Waals surface area (Å²) in [6.45, 7) is 6.14. The van der Waals surface area contributed by atoms with Crippen molar-refractivity contribution < 1.29 is 9.18 Å². The van der Waals surface area contributed by atoms with E-state index in [-0.39, 0.29) is 11.7 Å². The molecule has 0 fully saturated rings. The van der Waals surface area contributed by atoms with E-state index in [1.807, 2.05) is 51.1 Å². The van der Waals surface area contributed by atoms with Crippen molar-refractivity contribution in [2.75, 3.05) is 5.32 Å². The van der Waals surface area contributed by atoms with Crippen LogP contribution in [0.3, 0.4) is 0 Å². The normalized spacial score (nSPS) is 10.9. The maximum Gasteiger partial charge on any atom is 0.273 e. The number of carbonyl (C=O) groups is 1. The molecule has 0 spiro atoms. The summed E-state index contributed by atoms with van der Waals surface area (Å²) < 4.78 is 15.2. The largest absolute Gasteiger partial charge is 0.318 e. The highest BCUT2D eigenvalue weighted by Gasteiger charge is 2.17. The molecular formula is C23H22FN5O. The molecule has 152 valence electrons. The summed E-state index contributed by atoms with van der Waals surface area (Å²) in [7, 11) is 0. The van der Waals surface area contributed by atoms with Gasteiger partial charge in [0, 0.05) is 5.56 Å². The molecule has 0 bridgehead atoms. The first kappa shape index (κ1) is 19.6. The van der Waals surface area contributed by atoms with E-state index in [0.29, 0.717) is 29.3 Å². The Morgan fingerprint density at radius 1 is 1.10 bits per heavy atom. The van der Waals surface area contributed by atoms with Gasteiger partial charge in [0.1, 0.15) is 11.5 Å². The molecule has 0 saturated heterocycles. The predicted molar refractivity (Wildman–Crippen MR) is 114 cm³/mol. The number of nitrogens with zero attached hydrogens (tertiary/aromatic N) is 3. The van der Waals surface area contributed by atoms with E-state index in [4.69, 9.17) is 0 Å². The average molecular weight is 403 g/mol. The Bertz CT molecular complexity index is 1210. The molecule has 30 heavy (non-hydrogen) atoms. The fourth-order valence-electron chi connectivity index (χ4n) is 3.33. The molecule has 4 aromatic rings. The lowest BCUT2D eigenvalue weighted by atomic mass is 10.1. The second-order valence-corrected chi connectivity index (χ2v) is 7.32. The van der Waals surface area contributed by atoms with Crippen LogP contribution in [0, 0.1) is 26.6 Å². The van der Waals surface area contributed by atoms with Crippen LogP contribution in [0.25, 0.3) is 11.3 Å². The van der Waals surface area contributed by atoms with Crippen LogP contribution in [0.5, 0.6) is 0 Å². The number of halogens is 1. The van der Waals surface area contributed by atoms with Gasteiger partial charge in [0.2, 0.25) is 0 Å². The second-order valence-electron chi connectivity index (χ2n) is 7.32. The minimum atomic E-state index is -0.294. The zero-order valence-electron chi connectivity index (χ0n) is 17.0. The summed E-state index contributed by atoms with van der Waals surface area (Å²) in [5.74, 6) is -0.580. The van der Waals surface area contributed by atoms with Crippen LogP contribution in [0.1, 0.15) is 33.0 Å². The van der Waals surface area contributed by atoms with E-state index in [0.717, 1.165) is 22.4 Å². The molecule has 2 N–H and O–H groups in total. The van der Waals surface area contributed by atoms with E-state index in [2.05, 4.69) is 20.6 Å². The van der Waals surface area contributed by atoms with Gasteiger partial charge in [-0.3, -0.25) is 14.6 Å². The van der Waals surface area contributed by atoms with Crippen LogP contribution in [0.4, 0.5) is 10.1 Å². The summed E-state index contributed by atoms with van der Waals surface area (Å²) in [6, 6.07) is 16.1. The zero-order chi connectivity index (χ0) is 21.3. The van der Waals surface area contributed by atoms with Gasteiger partial charge < -0.3 is 5.32 Å². The number of H-pyrrole nitrogens is 1. The second kappa shape index (κ2) is 7.94. The number of aryl methyl sites for hydroxylation is 2. The van der Waals surface area contributed by atoms with Gasteiger partial charge in [-0.05, 0) is 44.5 Å². The predicted octanol–water partition coefficient (Wildman–Crippen LogP) is 4.64. The Kier molecular flexibility index (Phi) is 5.18. The smallest absolute Gasteiger partial charge is 0.273 e. The van der Waals surface area contributed by atoms with Crippen LogP contribution in [-0.4, -0.2) is 25.9 Å². The number of aromatic amines is 1. The number of aromatic nitrogens is 4. The van der Waals surface area contributed by atoms with Crippen molar-refractivity contribution >= 4 is 11.6 Å². The highest BCUT2D eigenvalue weighted by molar-refractivity contribution is 6.04. The average Bonchev–Trinajstić information content (AvgIpc) is 3.30. The summed E-state index contributed by atoms with van der Waals surface area (Å²) in [4.78, 5) is 12.8. The topological polar surface area (TPSA) is 75.6 Å². The molecule has 2 aromatic carbocycles. The molecule has 2 heterocycles. The van der Waals surface area contributed by atoms with Crippen LogP contribution in [-0.2, 0) is 6.54 Å². The van der Waals surface area contributed by atoms with E-state index in [9.17, 15) is 9.18 Å². The monoisotopic (exact) mass is 403 g/mol. The van der Waals surface area contributed by atoms with Gasteiger partial charge in [-0.25, -0.2) is 4.39 Å². The molecule has 1 amide bonds. The van der Waals surface area contributed by atoms with Gasteiger partial charge in [-0.15, -0.1) is 0 Å². The molecule has 0 aliphatic carbocycles. The molecule has 0 atom stereocenters. The standard InChI is InChI=1S/C23H22FN5O/c1-14-7-9-18(10-8-14)20-12-21(27-26-20)23(30)25-22-15(2)28-29(16(22)3)13-17-5-4-6-19(24)11-17/h4-12H,13H2,1-3H3,(H,25,30)(H,26,27). The van der Waals surface area contributed by atoms with E-state index in [1.165, 1.54) is 12.1 Å². The van der Waals surface area contributed by atoms with Gasteiger partial charge in [0.05, 0.1) is 29.3 Å². The minimum Gasteiger partial charge on any atom is -0.318 e. The fraction of sp³-hybridized carbons (Fsp3) is 0.174. The van der Waals surface area contributed by atoms with Gasteiger partial charge in [-0.1, -0.05) is 42.0 Å². The SMILES string of the molecule is Cc1ccc(-c2cc(C(=O)Nc3c(C)nn(Cc4cccc(F)c4)c3C)[nH]n2)cc1. The van der Waals surface area contributed by atoms with Crippen LogP contribution in [0.15, 0.2) is 54.6 Å². The first-order valence-corrected chi connectivity index (χ1v) is 9.63. The van der Waals surface area contributed by atoms with Gasteiger partial charge in [0.25, 0.3) is 5.91 Å². The highest BCUT2D eigenvalue weighted by Crippen LogP contribution is 2.23. The van der Waals surface area contributed by atoms with Crippen molar-refractivity contribution in [2.45, 2.75) is 27.3 Å². The number of anilines is 1. The van der Waals surface area contributed by atoms with E-state index in [1.54, 1.807) is 16.8 Å². The molecule has 6 nitrogen and oxygen atoms in total. The zero-order valence-corrected chi connectivity index (χ0v) is 17.0. The number of amides is 1. The fourth-order valence-corrected chi connectivity index (χ4v) is 3.33. The molecule has 0 aliphatic heterocycles. The Labute approximate surface area is 173 Å². The molecule has 0 unspecified atom stereocenters. The van der Waals surface area contributed by atoms with E-state index < -0.39 is 0 Å². The summed E-state index contributed by atoms with van der Waals surface area (Å²) >= 11 is 0. The molecule has 0 radical (unpaired) electrons. The van der Waals surface area contributed by atoms with Crippen molar-refractivity contribution in [1.29, 1.82) is 0 Å². The molecular weight excluding hydrogens is 381 g/mol. The van der Waals surface area contributed by atoms with Gasteiger partial charge >= 0.3 is 0 Å². The van der Waals surface area contributed by atoms with Gasteiger partial charge in [-0.2, -0.15) is 10.2 Å². The van der Waals surface area contributed by atoms with Crippen molar-refractivity contribution in [3.8, 4) is 11.3 Å². The van der Waals surface area contributed by atoms with E-state index >= 15 is 0 Å². The summed E-state index contributed by atoms with van der Waals surface area (Å²) in [6.07, 6.45) is 0. The summed E-state index contributed by atoms with van der Waals surface area (Å²) in [5.41, 5.74) is 6.09. The third-order valence-electron chi connectivity index (χ3n) is 5.01. The Morgan fingerprint density at radius 2 is 1.87 bits per heavy atom. The third kappa shape index (κ3) is 4.00. The van der Waals surface area contributed by atoms with Crippen LogP contribution < -0.4 is 5.32 Å².